The predicted molar refractivity (Wildman–Crippen MR) is 130 cm³/mol. The average molecular weight is 539 g/mol. The maximum absolute atomic E-state index is 13.1. The molecule has 0 atom stereocenters. The number of fused-ring (bicyclic) bond motifs is 1. The molecule has 0 bridgehead atoms. The van der Waals surface area contributed by atoms with E-state index >= 15 is 0 Å². The normalized spacial score (nSPS) is 15.6. The fourth-order valence-electron chi connectivity index (χ4n) is 3.97. The van der Waals surface area contributed by atoms with Gasteiger partial charge in [0.15, 0.2) is 5.82 Å². The third-order valence-electron chi connectivity index (χ3n) is 5.72. The molecule has 1 fully saturated rings. The number of halogens is 4. The molecule has 1 aliphatic heterocycles. The van der Waals surface area contributed by atoms with Gasteiger partial charge in [-0.15, -0.1) is 11.3 Å². The Bertz CT molecular complexity index is 1490. The third kappa shape index (κ3) is 4.73. The van der Waals surface area contributed by atoms with Gasteiger partial charge in [-0.3, -0.25) is 0 Å². The number of alkyl halides is 3. The molecule has 2 aromatic heterocycles. The van der Waals surface area contributed by atoms with Gasteiger partial charge in [0.1, 0.15) is 5.82 Å². The van der Waals surface area contributed by atoms with Crippen LogP contribution in [0.15, 0.2) is 64.9 Å². The number of sulfonamides is 1. The molecule has 4 aromatic rings. The minimum atomic E-state index is -4.62. The number of thiophene rings is 1. The van der Waals surface area contributed by atoms with Crippen LogP contribution in [0, 0.1) is 0 Å². The van der Waals surface area contributed by atoms with E-state index in [1.165, 1.54) is 21.7 Å². The molecule has 3 heterocycles. The molecule has 35 heavy (non-hydrogen) atoms. The summed E-state index contributed by atoms with van der Waals surface area (Å²) in [6.45, 7) is 0.839. The smallest absolute Gasteiger partial charge is 0.353 e. The summed E-state index contributed by atoms with van der Waals surface area (Å²) in [7, 11) is -4.08. The van der Waals surface area contributed by atoms with Crippen LogP contribution in [0.25, 0.3) is 21.6 Å². The van der Waals surface area contributed by atoms with E-state index in [1.54, 1.807) is 12.1 Å². The van der Waals surface area contributed by atoms with Crippen molar-refractivity contribution in [3.05, 3.63) is 70.6 Å². The van der Waals surface area contributed by atoms with E-state index in [0.717, 1.165) is 22.4 Å². The maximum atomic E-state index is 13.1. The molecule has 6 nitrogen and oxygen atoms in total. The number of piperazine rings is 1. The summed E-state index contributed by atoms with van der Waals surface area (Å²) < 4.78 is 66.6. The van der Waals surface area contributed by atoms with Crippen LogP contribution in [0.2, 0.25) is 5.02 Å². The first-order valence-electron chi connectivity index (χ1n) is 10.6. The summed E-state index contributed by atoms with van der Waals surface area (Å²) in [4.78, 5) is 11.9. The zero-order valence-corrected chi connectivity index (χ0v) is 20.4. The van der Waals surface area contributed by atoms with Crippen molar-refractivity contribution in [2.24, 2.45) is 0 Å². The molecule has 5 rings (SSSR count). The lowest BCUT2D eigenvalue weighted by Crippen LogP contribution is -2.49. The first-order chi connectivity index (χ1) is 16.6. The van der Waals surface area contributed by atoms with E-state index in [1.807, 2.05) is 28.5 Å². The number of anilines is 1. The van der Waals surface area contributed by atoms with Crippen LogP contribution >= 0.6 is 22.9 Å². The quantitative estimate of drug-likeness (QED) is 0.341. The maximum Gasteiger partial charge on any atom is 0.416 e. The molecular formula is C23H18ClF3N4O2S2. The lowest BCUT2D eigenvalue weighted by Gasteiger charge is -2.35. The Morgan fingerprint density at radius 3 is 2.40 bits per heavy atom. The van der Waals surface area contributed by atoms with Crippen LogP contribution in [0.3, 0.4) is 0 Å². The van der Waals surface area contributed by atoms with Crippen LogP contribution in [0.4, 0.5) is 19.0 Å². The van der Waals surface area contributed by atoms with Gasteiger partial charge < -0.3 is 4.90 Å². The molecule has 182 valence electrons. The Hall–Kier alpha value is -2.73. The van der Waals surface area contributed by atoms with Gasteiger partial charge in [-0.05, 0) is 47.8 Å². The van der Waals surface area contributed by atoms with Gasteiger partial charge in [0.25, 0.3) is 0 Å². The van der Waals surface area contributed by atoms with E-state index in [2.05, 4.69) is 4.98 Å². The predicted octanol–water partition coefficient (Wildman–Crippen LogP) is 5.54. The minimum absolute atomic E-state index is 0.103. The van der Waals surface area contributed by atoms with Gasteiger partial charge in [0.2, 0.25) is 10.0 Å². The van der Waals surface area contributed by atoms with Gasteiger partial charge in [-0.2, -0.15) is 17.5 Å². The largest absolute Gasteiger partial charge is 0.416 e. The van der Waals surface area contributed by atoms with Crippen LogP contribution in [0.5, 0.6) is 0 Å². The highest BCUT2D eigenvalue weighted by Crippen LogP contribution is 2.33. The topological polar surface area (TPSA) is 66.4 Å². The second-order valence-corrected chi connectivity index (χ2v) is 11.2. The standard InChI is InChI=1S/C23H18ClF3N4O2S2/c24-16-6-7-18-19(14-16)28-21(20-5-2-12-34-20)29-22(18)30-8-10-31(11-9-30)35(32,33)17-4-1-3-15(13-17)23(25,26)27/h1-7,12-14H,8-11H2. The molecule has 0 spiro atoms. The third-order valence-corrected chi connectivity index (χ3v) is 8.71. The molecule has 0 unspecified atom stereocenters. The van der Waals surface area contributed by atoms with E-state index in [4.69, 9.17) is 16.6 Å². The first-order valence-corrected chi connectivity index (χ1v) is 13.3. The molecule has 0 saturated carbocycles. The van der Waals surface area contributed by atoms with Gasteiger partial charge in [-0.1, -0.05) is 23.7 Å². The van der Waals surface area contributed by atoms with Gasteiger partial charge >= 0.3 is 6.18 Å². The highest BCUT2D eigenvalue weighted by Gasteiger charge is 2.34. The Balaban J connectivity index is 1.43. The van der Waals surface area contributed by atoms with E-state index in [-0.39, 0.29) is 18.0 Å². The number of nitrogens with zero attached hydrogens (tertiary/aromatic N) is 4. The molecule has 0 aliphatic carbocycles. The number of hydrogen-bond acceptors (Lipinski definition) is 6. The molecular weight excluding hydrogens is 521 g/mol. The summed E-state index contributed by atoms with van der Waals surface area (Å²) in [6.07, 6.45) is -4.62. The molecule has 0 amide bonds. The second-order valence-electron chi connectivity index (χ2n) is 7.93. The van der Waals surface area contributed by atoms with Crippen molar-refractivity contribution in [2.75, 3.05) is 31.1 Å². The molecule has 1 aliphatic rings. The monoisotopic (exact) mass is 538 g/mol. The number of benzene rings is 2. The Morgan fingerprint density at radius 1 is 0.943 bits per heavy atom. The zero-order chi connectivity index (χ0) is 24.8. The van der Waals surface area contributed by atoms with Crippen LogP contribution in [-0.2, 0) is 16.2 Å². The van der Waals surface area contributed by atoms with Crippen LogP contribution < -0.4 is 4.90 Å². The van der Waals surface area contributed by atoms with Gasteiger partial charge in [-0.25, -0.2) is 18.4 Å². The van der Waals surface area contributed by atoms with Crippen LogP contribution in [-0.4, -0.2) is 48.9 Å². The summed E-state index contributed by atoms with van der Waals surface area (Å²) in [6, 6.07) is 13.0. The highest BCUT2D eigenvalue weighted by molar-refractivity contribution is 7.89. The Labute approximate surface area is 208 Å². The van der Waals surface area contributed by atoms with Crippen molar-refractivity contribution < 1.29 is 21.6 Å². The Morgan fingerprint density at radius 2 is 1.71 bits per heavy atom. The molecule has 2 aromatic carbocycles. The van der Waals surface area contributed by atoms with Crippen molar-refractivity contribution in [1.29, 1.82) is 0 Å². The first kappa shape index (κ1) is 24.0. The number of rotatable bonds is 4. The van der Waals surface area contributed by atoms with Crippen molar-refractivity contribution in [3.63, 3.8) is 0 Å². The summed E-state index contributed by atoms with van der Waals surface area (Å²) in [5.41, 5.74) is -0.325. The summed E-state index contributed by atoms with van der Waals surface area (Å²) in [5.74, 6) is 1.20. The van der Waals surface area contributed by atoms with Gasteiger partial charge in [0, 0.05) is 36.6 Å². The van der Waals surface area contributed by atoms with Crippen molar-refractivity contribution in [2.45, 2.75) is 11.1 Å². The Kier molecular flexibility index (Phi) is 6.20. The molecule has 1 saturated heterocycles. The SMILES string of the molecule is O=S(=O)(c1cccc(C(F)(F)F)c1)N1CCN(c2nc(-c3cccs3)nc3cc(Cl)ccc23)CC1. The van der Waals surface area contributed by atoms with E-state index in [0.29, 0.717) is 41.3 Å². The lowest BCUT2D eigenvalue weighted by atomic mass is 10.2. The van der Waals surface area contributed by atoms with Crippen LogP contribution in [0.1, 0.15) is 5.56 Å². The average Bonchev–Trinajstić information content (AvgIpc) is 3.38. The van der Waals surface area contributed by atoms with Crippen molar-refractivity contribution in [1.82, 2.24) is 14.3 Å². The summed E-state index contributed by atoms with van der Waals surface area (Å²) in [5, 5.41) is 3.25. The highest BCUT2D eigenvalue weighted by atomic mass is 35.5. The molecule has 12 heteroatoms. The van der Waals surface area contributed by atoms with E-state index < -0.39 is 21.8 Å². The fraction of sp³-hybridized carbons (Fsp3) is 0.217. The van der Waals surface area contributed by atoms with E-state index in [9.17, 15) is 21.6 Å². The second kappa shape index (κ2) is 9.05. The fourth-order valence-corrected chi connectivity index (χ4v) is 6.26. The number of hydrogen-bond donors (Lipinski definition) is 0. The van der Waals surface area contributed by atoms with Gasteiger partial charge in [0.05, 0.1) is 20.9 Å². The summed E-state index contributed by atoms with van der Waals surface area (Å²) >= 11 is 7.69. The van der Waals surface area contributed by atoms with Crippen molar-refractivity contribution in [3.8, 4) is 10.7 Å². The number of aromatic nitrogens is 2. The molecule has 0 N–H and O–H groups in total. The van der Waals surface area contributed by atoms with Crippen molar-refractivity contribution >= 4 is 49.7 Å². The lowest BCUT2D eigenvalue weighted by molar-refractivity contribution is -0.137. The molecule has 0 radical (unpaired) electrons. The zero-order valence-electron chi connectivity index (χ0n) is 18.0. The minimum Gasteiger partial charge on any atom is -0.353 e.